The lowest BCUT2D eigenvalue weighted by Gasteiger charge is -2.31. The standard InChI is InChI=1S/C20H26ClNO5/c1-19(2,3)27-18(25)22-11-20(8-9-26-12-20)10-15(22)16(17(23)24)13-4-6-14(21)7-5-13/h4-7,15-16H,8-12H2,1-3H3,(H,23,24)/t15-,16-,20?/m0/s1. The van der Waals surface area contributed by atoms with Crippen molar-refractivity contribution in [3.63, 3.8) is 0 Å². The van der Waals surface area contributed by atoms with Crippen LogP contribution in [0.4, 0.5) is 4.79 Å². The predicted molar refractivity (Wildman–Crippen MR) is 101 cm³/mol. The molecule has 2 saturated heterocycles. The fraction of sp³-hybridized carbons (Fsp3) is 0.600. The van der Waals surface area contributed by atoms with Gasteiger partial charge in [0.15, 0.2) is 0 Å². The Kier molecular flexibility index (Phi) is 5.41. The number of ether oxygens (including phenoxy) is 2. The summed E-state index contributed by atoms with van der Waals surface area (Å²) in [6.45, 7) is 7.03. The van der Waals surface area contributed by atoms with E-state index in [2.05, 4.69) is 0 Å². The average Bonchev–Trinajstić information content (AvgIpc) is 3.15. The third kappa shape index (κ3) is 4.38. The van der Waals surface area contributed by atoms with Crippen LogP contribution in [0, 0.1) is 5.41 Å². The minimum Gasteiger partial charge on any atom is -0.481 e. The van der Waals surface area contributed by atoms with Gasteiger partial charge < -0.3 is 19.5 Å². The molecule has 27 heavy (non-hydrogen) atoms. The zero-order chi connectivity index (χ0) is 19.8. The lowest BCUT2D eigenvalue weighted by molar-refractivity contribution is -0.140. The Morgan fingerprint density at radius 1 is 1.33 bits per heavy atom. The van der Waals surface area contributed by atoms with E-state index in [-0.39, 0.29) is 5.41 Å². The second-order valence-corrected chi connectivity index (χ2v) is 8.99. The van der Waals surface area contributed by atoms with E-state index in [1.54, 1.807) is 49.9 Å². The van der Waals surface area contributed by atoms with E-state index in [4.69, 9.17) is 21.1 Å². The molecule has 7 heteroatoms. The third-order valence-corrected chi connectivity index (χ3v) is 5.49. The fourth-order valence-electron chi connectivity index (χ4n) is 4.05. The van der Waals surface area contributed by atoms with E-state index < -0.39 is 29.6 Å². The Balaban J connectivity index is 1.95. The summed E-state index contributed by atoms with van der Waals surface area (Å²) in [6.07, 6.45) is 0.915. The highest BCUT2D eigenvalue weighted by Gasteiger charge is 2.53. The van der Waals surface area contributed by atoms with E-state index in [9.17, 15) is 14.7 Å². The number of carboxylic acid groups (broad SMARTS) is 1. The van der Waals surface area contributed by atoms with Crippen molar-refractivity contribution in [2.45, 2.75) is 51.2 Å². The number of rotatable bonds is 3. The van der Waals surface area contributed by atoms with E-state index >= 15 is 0 Å². The summed E-state index contributed by atoms with van der Waals surface area (Å²) in [6, 6.07) is 6.28. The molecule has 3 atom stereocenters. The first kappa shape index (κ1) is 20.0. The minimum absolute atomic E-state index is 0.207. The number of hydrogen-bond acceptors (Lipinski definition) is 4. The van der Waals surface area contributed by atoms with Gasteiger partial charge in [0.25, 0.3) is 0 Å². The summed E-state index contributed by atoms with van der Waals surface area (Å²) in [5.74, 6) is -1.82. The number of hydrogen-bond donors (Lipinski definition) is 1. The topological polar surface area (TPSA) is 76.1 Å². The van der Waals surface area contributed by atoms with Crippen molar-refractivity contribution < 1.29 is 24.2 Å². The fourth-order valence-corrected chi connectivity index (χ4v) is 4.18. The zero-order valence-electron chi connectivity index (χ0n) is 15.9. The van der Waals surface area contributed by atoms with Crippen LogP contribution in [0.5, 0.6) is 0 Å². The van der Waals surface area contributed by atoms with Crippen LogP contribution in [0.15, 0.2) is 24.3 Å². The first-order valence-corrected chi connectivity index (χ1v) is 9.54. The second kappa shape index (κ2) is 7.32. The van der Waals surface area contributed by atoms with Gasteiger partial charge in [-0.3, -0.25) is 4.79 Å². The molecule has 0 aliphatic carbocycles. The van der Waals surface area contributed by atoms with Crippen LogP contribution in [0.1, 0.15) is 45.1 Å². The monoisotopic (exact) mass is 395 g/mol. The number of carbonyl (C=O) groups excluding carboxylic acids is 1. The molecule has 1 N–H and O–H groups in total. The molecule has 148 valence electrons. The van der Waals surface area contributed by atoms with Crippen LogP contribution in [0.3, 0.4) is 0 Å². The lowest BCUT2D eigenvalue weighted by Crippen LogP contribution is -2.44. The van der Waals surface area contributed by atoms with Crippen molar-refractivity contribution in [2.75, 3.05) is 19.8 Å². The van der Waals surface area contributed by atoms with E-state index in [0.29, 0.717) is 36.8 Å². The van der Waals surface area contributed by atoms with Crippen molar-refractivity contribution in [3.05, 3.63) is 34.9 Å². The van der Waals surface area contributed by atoms with Gasteiger partial charge in [-0.25, -0.2) is 4.79 Å². The van der Waals surface area contributed by atoms with Crippen LogP contribution >= 0.6 is 11.6 Å². The Morgan fingerprint density at radius 2 is 2.00 bits per heavy atom. The molecule has 2 aliphatic heterocycles. The normalized spacial score (nSPS) is 26.4. The van der Waals surface area contributed by atoms with Gasteiger partial charge in [0.05, 0.1) is 12.6 Å². The summed E-state index contributed by atoms with van der Waals surface area (Å²) >= 11 is 5.96. The first-order chi connectivity index (χ1) is 12.6. The number of nitrogens with zero attached hydrogens (tertiary/aromatic N) is 1. The molecule has 1 amide bonds. The van der Waals surface area contributed by atoms with Gasteiger partial charge >= 0.3 is 12.1 Å². The molecule has 0 radical (unpaired) electrons. The Bertz CT molecular complexity index is 706. The Labute approximate surface area is 164 Å². The number of halogens is 1. The van der Waals surface area contributed by atoms with Crippen LogP contribution in [0.2, 0.25) is 5.02 Å². The quantitative estimate of drug-likeness (QED) is 0.839. The van der Waals surface area contributed by atoms with Gasteiger partial charge in [-0.05, 0) is 51.3 Å². The maximum Gasteiger partial charge on any atom is 0.410 e. The minimum atomic E-state index is -0.966. The molecule has 2 heterocycles. The van der Waals surface area contributed by atoms with Crippen LogP contribution in [-0.4, -0.2) is 53.5 Å². The number of carboxylic acids is 1. The molecule has 6 nitrogen and oxygen atoms in total. The Hall–Kier alpha value is -1.79. The highest BCUT2D eigenvalue weighted by atomic mass is 35.5. The van der Waals surface area contributed by atoms with Gasteiger partial charge in [0.1, 0.15) is 11.5 Å². The molecule has 0 saturated carbocycles. The van der Waals surface area contributed by atoms with Gasteiger partial charge in [0, 0.05) is 23.6 Å². The summed E-state index contributed by atoms with van der Waals surface area (Å²) in [5, 5.41) is 10.5. The van der Waals surface area contributed by atoms with E-state index in [0.717, 1.165) is 6.42 Å². The summed E-state index contributed by atoms with van der Waals surface area (Å²) in [7, 11) is 0. The number of benzene rings is 1. The van der Waals surface area contributed by atoms with Gasteiger partial charge in [-0.15, -0.1) is 0 Å². The molecule has 1 spiro atoms. The van der Waals surface area contributed by atoms with Crippen molar-refractivity contribution in [1.29, 1.82) is 0 Å². The molecule has 0 bridgehead atoms. The van der Waals surface area contributed by atoms with Crippen LogP contribution < -0.4 is 0 Å². The SMILES string of the molecule is CC(C)(C)OC(=O)N1CC2(CCOC2)C[C@H]1[C@@H](C(=O)O)c1ccc(Cl)cc1. The van der Waals surface area contributed by atoms with E-state index in [1.807, 2.05) is 0 Å². The van der Waals surface area contributed by atoms with Gasteiger partial charge in [-0.1, -0.05) is 23.7 Å². The van der Waals surface area contributed by atoms with Crippen LogP contribution in [-0.2, 0) is 14.3 Å². The molecular formula is C20H26ClNO5. The number of carbonyl (C=O) groups is 2. The molecule has 2 aliphatic rings. The summed E-state index contributed by atoms with van der Waals surface area (Å²) < 4.78 is 11.1. The van der Waals surface area contributed by atoms with Crippen molar-refractivity contribution in [2.24, 2.45) is 5.41 Å². The first-order valence-electron chi connectivity index (χ1n) is 9.16. The average molecular weight is 396 g/mol. The molecule has 2 fully saturated rings. The molecule has 1 unspecified atom stereocenters. The second-order valence-electron chi connectivity index (χ2n) is 8.55. The number of amides is 1. The van der Waals surface area contributed by atoms with Gasteiger partial charge in [0.2, 0.25) is 0 Å². The molecular weight excluding hydrogens is 370 g/mol. The van der Waals surface area contributed by atoms with Crippen molar-refractivity contribution >= 4 is 23.7 Å². The van der Waals surface area contributed by atoms with Gasteiger partial charge in [-0.2, -0.15) is 0 Å². The van der Waals surface area contributed by atoms with Crippen molar-refractivity contribution in [3.8, 4) is 0 Å². The third-order valence-electron chi connectivity index (χ3n) is 5.24. The van der Waals surface area contributed by atoms with Crippen LogP contribution in [0.25, 0.3) is 0 Å². The largest absolute Gasteiger partial charge is 0.481 e. The summed E-state index contributed by atoms with van der Waals surface area (Å²) in [4.78, 5) is 26.6. The number of likely N-dealkylation sites (tertiary alicyclic amines) is 1. The molecule has 1 aromatic rings. The maximum atomic E-state index is 12.9. The predicted octanol–water partition coefficient (Wildman–Crippen LogP) is 3.92. The maximum absolute atomic E-state index is 12.9. The van der Waals surface area contributed by atoms with E-state index in [1.165, 1.54) is 0 Å². The molecule has 3 rings (SSSR count). The lowest BCUT2D eigenvalue weighted by atomic mass is 9.80. The number of aliphatic carboxylic acids is 1. The molecule has 1 aromatic carbocycles. The summed E-state index contributed by atoms with van der Waals surface area (Å²) in [5.41, 5.74) is -0.231. The van der Waals surface area contributed by atoms with Crippen molar-refractivity contribution in [1.82, 2.24) is 4.90 Å². The molecule has 0 aromatic heterocycles. The highest BCUT2D eigenvalue weighted by Crippen LogP contribution is 2.46. The zero-order valence-corrected chi connectivity index (χ0v) is 16.7. The highest BCUT2D eigenvalue weighted by molar-refractivity contribution is 6.30. The smallest absolute Gasteiger partial charge is 0.410 e. The Morgan fingerprint density at radius 3 is 2.52 bits per heavy atom.